The molecule has 1 atom stereocenters. The summed E-state index contributed by atoms with van der Waals surface area (Å²) in [6.07, 6.45) is -2.50. The van der Waals surface area contributed by atoms with Crippen LogP contribution in [0.25, 0.3) is 0 Å². The number of benzene rings is 1. The molecule has 1 aromatic rings. The first-order valence-electron chi connectivity index (χ1n) is 5.29. The fraction of sp³-hybridized carbons (Fsp3) is 0.417. The van der Waals surface area contributed by atoms with Gasteiger partial charge in [0, 0.05) is 16.8 Å². The Morgan fingerprint density at radius 2 is 2.00 bits per heavy atom. The third-order valence-corrected chi connectivity index (χ3v) is 3.73. The highest BCUT2D eigenvalue weighted by Gasteiger charge is 2.33. The third kappa shape index (κ3) is 2.54. The van der Waals surface area contributed by atoms with E-state index in [4.69, 9.17) is 0 Å². The Kier molecular flexibility index (Phi) is 3.30. The van der Waals surface area contributed by atoms with Gasteiger partial charge in [-0.05, 0) is 36.6 Å². The van der Waals surface area contributed by atoms with Crippen molar-refractivity contribution in [2.24, 2.45) is 0 Å². The van der Waals surface area contributed by atoms with E-state index in [9.17, 15) is 18.0 Å². The summed E-state index contributed by atoms with van der Waals surface area (Å²) in [5.41, 5.74) is -0.238. The molecule has 0 amide bonds. The lowest BCUT2D eigenvalue weighted by Gasteiger charge is -2.14. The number of rotatable bonds is 1. The number of alkyl halides is 3. The molecule has 0 saturated heterocycles. The predicted octanol–water partition coefficient (Wildman–Crippen LogP) is 4.30. The number of halogens is 4. The molecule has 5 heteroatoms. The van der Waals surface area contributed by atoms with Crippen molar-refractivity contribution in [2.75, 3.05) is 0 Å². The van der Waals surface area contributed by atoms with Gasteiger partial charge in [-0.1, -0.05) is 15.9 Å². The summed E-state index contributed by atoms with van der Waals surface area (Å²) in [6, 6.07) is 3.47. The van der Waals surface area contributed by atoms with E-state index in [0.717, 1.165) is 18.6 Å². The molecule has 0 spiro atoms. The van der Waals surface area contributed by atoms with Crippen molar-refractivity contribution < 1.29 is 18.0 Å². The Morgan fingerprint density at radius 1 is 1.29 bits per heavy atom. The van der Waals surface area contributed by atoms with E-state index < -0.39 is 11.7 Å². The quantitative estimate of drug-likeness (QED) is 0.756. The van der Waals surface area contributed by atoms with Gasteiger partial charge in [-0.2, -0.15) is 13.2 Å². The lowest BCUT2D eigenvalue weighted by Crippen LogP contribution is -2.09. The topological polar surface area (TPSA) is 17.1 Å². The fourth-order valence-corrected chi connectivity index (χ4v) is 2.65. The zero-order valence-electron chi connectivity index (χ0n) is 8.85. The molecule has 17 heavy (non-hydrogen) atoms. The second kappa shape index (κ2) is 4.44. The van der Waals surface area contributed by atoms with Crippen LogP contribution < -0.4 is 0 Å². The molecule has 1 saturated carbocycles. The van der Waals surface area contributed by atoms with Crippen molar-refractivity contribution in [3.05, 3.63) is 33.8 Å². The van der Waals surface area contributed by atoms with Crippen LogP contribution in [0.3, 0.4) is 0 Å². The van der Waals surface area contributed by atoms with Gasteiger partial charge in [-0.3, -0.25) is 4.79 Å². The molecular formula is C12H10BrF3O. The number of hydrogen-bond donors (Lipinski definition) is 0. The molecule has 0 bridgehead atoms. The number of hydrogen-bond acceptors (Lipinski definition) is 1. The molecular weight excluding hydrogens is 297 g/mol. The van der Waals surface area contributed by atoms with Gasteiger partial charge in [0.05, 0.1) is 5.56 Å². The lowest BCUT2D eigenvalue weighted by molar-refractivity contribution is -0.137. The highest BCUT2D eigenvalue weighted by molar-refractivity contribution is 9.10. The lowest BCUT2D eigenvalue weighted by atomic mass is 9.95. The van der Waals surface area contributed by atoms with E-state index in [1.54, 1.807) is 0 Å². The van der Waals surface area contributed by atoms with Crippen molar-refractivity contribution in [1.29, 1.82) is 0 Å². The Hall–Kier alpha value is -0.840. The SMILES string of the molecule is O=C1CCCC1c1cc(C(F)(F)F)ccc1Br. The van der Waals surface area contributed by atoms with Crippen LogP contribution in [0.15, 0.2) is 22.7 Å². The maximum absolute atomic E-state index is 12.6. The highest BCUT2D eigenvalue weighted by atomic mass is 79.9. The Bertz CT molecular complexity index is 454. The summed E-state index contributed by atoms with van der Waals surface area (Å²) in [5, 5.41) is 0. The first kappa shape index (κ1) is 12.6. The van der Waals surface area contributed by atoms with Gasteiger partial charge in [0.25, 0.3) is 0 Å². The molecule has 0 radical (unpaired) electrons. The molecule has 1 aliphatic carbocycles. The minimum Gasteiger partial charge on any atom is -0.299 e. The molecule has 0 aromatic heterocycles. The van der Waals surface area contributed by atoms with E-state index in [0.29, 0.717) is 22.9 Å². The van der Waals surface area contributed by atoms with Gasteiger partial charge in [0.2, 0.25) is 0 Å². The normalized spacial score (nSPS) is 20.9. The summed E-state index contributed by atoms with van der Waals surface area (Å²) in [7, 11) is 0. The number of ketones is 1. The predicted molar refractivity (Wildman–Crippen MR) is 60.7 cm³/mol. The van der Waals surface area contributed by atoms with Crippen molar-refractivity contribution in [3.8, 4) is 0 Å². The molecule has 1 unspecified atom stereocenters. The zero-order valence-corrected chi connectivity index (χ0v) is 10.4. The smallest absolute Gasteiger partial charge is 0.299 e. The van der Waals surface area contributed by atoms with Gasteiger partial charge >= 0.3 is 6.18 Å². The fourth-order valence-electron chi connectivity index (χ4n) is 2.13. The standard InChI is InChI=1S/C12H10BrF3O/c13-10-5-4-7(12(14,15)16)6-9(10)8-2-1-3-11(8)17/h4-6,8H,1-3H2. The third-order valence-electron chi connectivity index (χ3n) is 3.00. The van der Waals surface area contributed by atoms with Crippen molar-refractivity contribution >= 4 is 21.7 Å². The second-order valence-electron chi connectivity index (χ2n) is 4.15. The molecule has 2 rings (SSSR count). The Labute approximate surface area is 105 Å². The monoisotopic (exact) mass is 306 g/mol. The summed E-state index contributed by atoms with van der Waals surface area (Å²) < 4.78 is 38.3. The van der Waals surface area contributed by atoms with Gasteiger partial charge in [0.15, 0.2) is 0 Å². The summed E-state index contributed by atoms with van der Waals surface area (Å²) in [4.78, 5) is 11.6. The van der Waals surface area contributed by atoms with E-state index in [2.05, 4.69) is 15.9 Å². The van der Waals surface area contributed by atoms with Crippen LogP contribution in [0.5, 0.6) is 0 Å². The van der Waals surface area contributed by atoms with Gasteiger partial charge in [-0.25, -0.2) is 0 Å². The second-order valence-corrected chi connectivity index (χ2v) is 5.00. The number of carbonyl (C=O) groups excluding carboxylic acids is 1. The molecule has 1 aliphatic rings. The van der Waals surface area contributed by atoms with E-state index in [1.807, 2.05) is 0 Å². The van der Waals surface area contributed by atoms with Crippen LogP contribution in [-0.2, 0) is 11.0 Å². The Balaban J connectivity index is 2.42. The van der Waals surface area contributed by atoms with Crippen LogP contribution >= 0.6 is 15.9 Å². The van der Waals surface area contributed by atoms with Gasteiger partial charge < -0.3 is 0 Å². The van der Waals surface area contributed by atoms with Crippen LogP contribution in [-0.4, -0.2) is 5.78 Å². The van der Waals surface area contributed by atoms with Crippen LogP contribution in [0.1, 0.15) is 36.3 Å². The minimum absolute atomic E-state index is 0.0324. The maximum atomic E-state index is 12.6. The maximum Gasteiger partial charge on any atom is 0.416 e. The summed E-state index contributed by atoms with van der Waals surface area (Å²) in [5.74, 6) is -0.350. The molecule has 1 fully saturated rings. The van der Waals surface area contributed by atoms with Gasteiger partial charge in [-0.15, -0.1) is 0 Å². The summed E-state index contributed by atoms with van der Waals surface area (Å²) >= 11 is 3.22. The molecule has 1 nitrogen and oxygen atoms in total. The van der Waals surface area contributed by atoms with E-state index in [1.165, 1.54) is 6.07 Å². The van der Waals surface area contributed by atoms with Crippen LogP contribution in [0.4, 0.5) is 13.2 Å². The molecule has 1 aromatic carbocycles. The van der Waals surface area contributed by atoms with Crippen LogP contribution in [0, 0.1) is 0 Å². The van der Waals surface area contributed by atoms with E-state index in [-0.39, 0.29) is 11.7 Å². The number of Topliss-reactive ketones (excluding diaryl/α,β-unsaturated/α-hetero) is 1. The van der Waals surface area contributed by atoms with Crippen LogP contribution in [0.2, 0.25) is 0 Å². The van der Waals surface area contributed by atoms with Crippen molar-refractivity contribution in [3.63, 3.8) is 0 Å². The average Bonchev–Trinajstić information content (AvgIpc) is 2.63. The zero-order chi connectivity index (χ0) is 12.6. The van der Waals surface area contributed by atoms with E-state index >= 15 is 0 Å². The average molecular weight is 307 g/mol. The largest absolute Gasteiger partial charge is 0.416 e. The van der Waals surface area contributed by atoms with Crippen molar-refractivity contribution in [1.82, 2.24) is 0 Å². The van der Waals surface area contributed by atoms with Crippen molar-refractivity contribution in [2.45, 2.75) is 31.4 Å². The molecule has 0 aliphatic heterocycles. The molecule has 0 heterocycles. The molecule has 0 N–H and O–H groups in total. The highest BCUT2D eigenvalue weighted by Crippen LogP contribution is 2.38. The summed E-state index contributed by atoms with van der Waals surface area (Å²) in [6.45, 7) is 0. The molecule has 92 valence electrons. The first-order chi connectivity index (χ1) is 7.89. The Morgan fingerprint density at radius 3 is 2.53 bits per heavy atom. The first-order valence-corrected chi connectivity index (χ1v) is 6.08. The van der Waals surface area contributed by atoms with Gasteiger partial charge in [0.1, 0.15) is 5.78 Å². The minimum atomic E-state index is -4.36. The number of carbonyl (C=O) groups is 1.